The van der Waals surface area contributed by atoms with Gasteiger partial charge in [0.1, 0.15) is 0 Å². The van der Waals surface area contributed by atoms with Gasteiger partial charge >= 0.3 is 0 Å². The lowest BCUT2D eigenvalue weighted by Gasteiger charge is -2.08. The van der Waals surface area contributed by atoms with Crippen molar-refractivity contribution >= 4 is 27.3 Å². The third-order valence-corrected chi connectivity index (χ3v) is 5.92. The number of hydrogen-bond donors (Lipinski definition) is 1. The Kier molecular flexibility index (Phi) is 3.11. The summed E-state index contributed by atoms with van der Waals surface area (Å²) in [5.74, 6) is 2.32. The van der Waals surface area contributed by atoms with E-state index in [1.807, 2.05) is 0 Å². The molecule has 1 aromatic rings. The summed E-state index contributed by atoms with van der Waals surface area (Å²) in [5, 5.41) is 12.4. The van der Waals surface area contributed by atoms with Crippen molar-refractivity contribution in [3.8, 4) is 0 Å². The molecule has 3 rings (SSSR count). The van der Waals surface area contributed by atoms with E-state index >= 15 is 0 Å². The first-order valence-electron chi connectivity index (χ1n) is 6.16. The maximum Gasteiger partial charge on any atom is 0.0622 e. The van der Waals surface area contributed by atoms with E-state index in [0.717, 1.165) is 22.7 Å². The second-order valence-electron chi connectivity index (χ2n) is 5.19. The van der Waals surface area contributed by atoms with Gasteiger partial charge in [0.25, 0.3) is 0 Å². The van der Waals surface area contributed by atoms with Crippen molar-refractivity contribution in [3.63, 3.8) is 0 Å². The van der Waals surface area contributed by atoms with Crippen molar-refractivity contribution in [1.29, 1.82) is 0 Å². The third kappa shape index (κ3) is 2.09. The number of hydrogen-bond acceptors (Lipinski definition) is 2. The van der Waals surface area contributed by atoms with Gasteiger partial charge in [-0.1, -0.05) is 12.8 Å². The van der Waals surface area contributed by atoms with E-state index in [4.69, 9.17) is 0 Å². The largest absolute Gasteiger partial charge is 0.392 e. The fourth-order valence-corrected chi connectivity index (χ4v) is 4.92. The van der Waals surface area contributed by atoms with Crippen LogP contribution in [0.5, 0.6) is 0 Å². The van der Waals surface area contributed by atoms with Gasteiger partial charge in [0.2, 0.25) is 0 Å². The average molecular weight is 301 g/mol. The van der Waals surface area contributed by atoms with Gasteiger partial charge in [-0.2, -0.15) is 0 Å². The maximum atomic E-state index is 10.3. The number of aliphatic hydroxyl groups excluding tert-OH is 1. The minimum Gasteiger partial charge on any atom is -0.392 e. The summed E-state index contributed by atoms with van der Waals surface area (Å²) in [6.45, 7) is 0. The zero-order valence-corrected chi connectivity index (χ0v) is 11.6. The monoisotopic (exact) mass is 300 g/mol. The molecular weight excluding hydrogens is 284 g/mol. The SMILES string of the molecule is OC(Cc1cc(Br)cs1)C1C2CCCCC21. The Hall–Kier alpha value is 0.140. The first kappa shape index (κ1) is 11.2. The van der Waals surface area contributed by atoms with Gasteiger partial charge in [-0.3, -0.25) is 0 Å². The summed E-state index contributed by atoms with van der Waals surface area (Å²) in [5.41, 5.74) is 0. The average Bonchev–Trinajstić information content (AvgIpc) is 2.88. The lowest BCUT2D eigenvalue weighted by Crippen LogP contribution is -2.14. The van der Waals surface area contributed by atoms with Crippen molar-refractivity contribution < 1.29 is 5.11 Å². The Labute approximate surface area is 109 Å². The molecule has 0 spiro atoms. The Morgan fingerprint density at radius 3 is 2.62 bits per heavy atom. The van der Waals surface area contributed by atoms with Crippen molar-refractivity contribution in [1.82, 2.24) is 0 Å². The van der Waals surface area contributed by atoms with Crippen LogP contribution in [0.3, 0.4) is 0 Å². The summed E-state index contributed by atoms with van der Waals surface area (Å²) < 4.78 is 1.15. The smallest absolute Gasteiger partial charge is 0.0622 e. The molecule has 1 aromatic heterocycles. The molecule has 1 heterocycles. The minimum atomic E-state index is -0.0985. The topological polar surface area (TPSA) is 20.2 Å². The summed E-state index contributed by atoms with van der Waals surface area (Å²) in [6.07, 6.45) is 6.25. The van der Waals surface area contributed by atoms with Crippen molar-refractivity contribution in [2.45, 2.75) is 38.2 Å². The van der Waals surface area contributed by atoms with Gasteiger partial charge in [0.15, 0.2) is 0 Å². The molecule has 2 fully saturated rings. The number of halogens is 1. The second-order valence-corrected chi connectivity index (χ2v) is 7.10. The predicted molar refractivity (Wildman–Crippen MR) is 70.7 cm³/mol. The first-order chi connectivity index (χ1) is 7.75. The van der Waals surface area contributed by atoms with Gasteiger partial charge in [-0.05, 0) is 52.6 Å². The highest BCUT2D eigenvalue weighted by atomic mass is 79.9. The second kappa shape index (κ2) is 4.43. The van der Waals surface area contributed by atoms with Crippen LogP contribution in [0.2, 0.25) is 0 Å². The van der Waals surface area contributed by atoms with Crippen LogP contribution in [-0.4, -0.2) is 11.2 Å². The molecule has 2 saturated carbocycles. The Balaban J connectivity index is 1.60. The summed E-state index contributed by atoms with van der Waals surface area (Å²) in [6, 6.07) is 2.14. The number of aliphatic hydroxyl groups is 1. The minimum absolute atomic E-state index is 0.0985. The highest BCUT2D eigenvalue weighted by molar-refractivity contribution is 9.10. The molecule has 88 valence electrons. The molecule has 1 nitrogen and oxygen atoms in total. The molecule has 0 radical (unpaired) electrons. The standard InChI is InChI=1S/C13H17BrOS/c14-8-5-9(16-7-8)6-12(15)13-10-3-1-2-4-11(10)13/h5,7,10-13,15H,1-4,6H2. The fourth-order valence-electron chi connectivity index (χ4n) is 3.42. The Morgan fingerprint density at radius 2 is 2.06 bits per heavy atom. The predicted octanol–water partition coefficient (Wildman–Crippen LogP) is 3.85. The molecule has 1 N–H and O–H groups in total. The molecule has 0 saturated heterocycles. The van der Waals surface area contributed by atoms with Gasteiger partial charge < -0.3 is 5.11 Å². The third-order valence-electron chi connectivity index (χ3n) is 4.20. The molecule has 3 atom stereocenters. The van der Waals surface area contributed by atoms with Crippen LogP contribution >= 0.6 is 27.3 Å². The molecular formula is C13H17BrOS. The van der Waals surface area contributed by atoms with Gasteiger partial charge in [-0.25, -0.2) is 0 Å². The number of rotatable bonds is 3. The zero-order chi connectivity index (χ0) is 11.1. The van der Waals surface area contributed by atoms with Gasteiger partial charge in [-0.15, -0.1) is 11.3 Å². The number of fused-ring (bicyclic) bond motifs is 1. The molecule has 0 aromatic carbocycles. The van der Waals surface area contributed by atoms with Gasteiger partial charge in [0, 0.05) is 21.2 Å². The molecule has 2 aliphatic carbocycles. The van der Waals surface area contributed by atoms with Crippen LogP contribution in [0.1, 0.15) is 30.6 Å². The van der Waals surface area contributed by atoms with Crippen molar-refractivity contribution in [2.24, 2.45) is 17.8 Å². The van der Waals surface area contributed by atoms with Crippen LogP contribution in [0.15, 0.2) is 15.9 Å². The van der Waals surface area contributed by atoms with E-state index in [-0.39, 0.29) is 6.10 Å². The lowest BCUT2D eigenvalue weighted by molar-refractivity contribution is 0.141. The van der Waals surface area contributed by atoms with E-state index in [0.29, 0.717) is 5.92 Å². The van der Waals surface area contributed by atoms with Crippen molar-refractivity contribution in [3.05, 3.63) is 20.8 Å². The summed E-state index contributed by atoms with van der Waals surface area (Å²) in [4.78, 5) is 1.31. The fraction of sp³-hybridized carbons (Fsp3) is 0.692. The summed E-state index contributed by atoms with van der Waals surface area (Å²) in [7, 11) is 0. The van der Waals surface area contributed by atoms with E-state index < -0.39 is 0 Å². The number of thiophene rings is 1. The molecule has 0 aliphatic heterocycles. The van der Waals surface area contributed by atoms with Gasteiger partial charge in [0.05, 0.1) is 6.10 Å². The van der Waals surface area contributed by atoms with Crippen LogP contribution in [0, 0.1) is 17.8 Å². The first-order valence-corrected chi connectivity index (χ1v) is 7.84. The summed E-state index contributed by atoms with van der Waals surface area (Å²) >= 11 is 5.21. The van der Waals surface area contributed by atoms with Crippen LogP contribution in [-0.2, 0) is 6.42 Å². The van der Waals surface area contributed by atoms with Crippen LogP contribution in [0.4, 0.5) is 0 Å². The van der Waals surface area contributed by atoms with E-state index in [2.05, 4.69) is 27.4 Å². The highest BCUT2D eigenvalue weighted by Gasteiger charge is 2.53. The Bertz CT molecular complexity index is 364. The maximum absolute atomic E-state index is 10.3. The van der Waals surface area contributed by atoms with E-state index in [1.54, 1.807) is 11.3 Å². The molecule has 16 heavy (non-hydrogen) atoms. The molecule has 0 bridgehead atoms. The highest BCUT2D eigenvalue weighted by Crippen LogP contribution is 2.57. The van der Waals surface area contributed by atoms with E-state index in [9.17, 15) is 5.11 Å². The Morgan fingerprint density at radius 1 is 1.38 bits per heavy atom. The molecule has 3 heteroatoms. The molecule has 2 aliphatic rings. The van der Waals surface area contributed by atoms with Crippen molar-refractivity contribution in [2.75, 3.05) is 0 Å². The van der Waals surface area contributed by atoms with Crippen LogP contribution < -0.4 is 0 Å². The van der Waals surface area contributed by atoms with E-state index in [1.165, 1.54) is 30.6 Å². The molecule has 0 amide bonds. The normalized spacial score (nSPS) is 34.5. The van der Waals surface area contributed by atoms with Crippen LogP contribution in [0.25, 0.3) is 0 Å². The quantitative estimate of drug-likeness (QED) is 0.899. The molecule has 3 unspecified atom stereocenters. The zero-order valence-electron chi connectivity index (χ0n) is 9.23. The lowest BCUT2D eigenvalue weighted by atomic mass is 10.0.